The van der Waals surface area contributed by atoms with Gasteiger partial charge in [0.2, 0.25) is 0 Å². The lowest BCUT2D eigenvalue weighted by atomic mass is 9.47. The minimum absolute atomic E-state index is 0.0805. The van der Waals surface area contributed by atoms with Crippen LogP contribution >= 0.6 is 15.9 Å². The molecule has 0 bridgehead atoms. The fraction of sp³-hybridized carbons (Fsp3) is 0.619. The molecule has 0 heterocycles. The van der Waals surface area contributed by atoms with Crippen LogP contribution in [0.25, 0.3) is 0 Å². The summed E-state index contributed by atoms with van der Waals surface area (Å²) >= 11 is 3.59. The molecule has 2 nitrogen and oxygen atoms in total. The van der Waals surface area contributed by atoms with Crippen LogP contribution in [0.4, 0.5) is 0 Å². The van der Waals surface area contributed by atoms with Gasteiger partial charge in [-0.25, -0.2) is 0 Å². The largest absolute Gasteiger partial charge is 0.299 e. The Hall–Kier alpha value is -0.960. The number of rotatable bonds is 0. The number of halogens is 1. The van der Waals surface area contributed by atoms with Gasteiger partial charge in [0.25, 0.3) is 0 Å². The molecule has 3 heteroatoms. The lowest BCUT2D eigenvalue weighted by molar-refractivity contribution is -0.131. The maximum atomic E-state index is 12.5. The van der Waals surface area contributed by atoms with Crippen LogP contribution < -0.4 is 0 Å². The number of fused-ring (bicyclic) bond motifs is 5. The summed E-state index contributed by atoms with van der Waals surface area (Å²) in [6.07, 6.45) is 11.0. The lowest BCUT2D eigenvalue weighted by Crippen LogP contribution is -2.50. The fourth-order valence-corrected chi connectivity index (χ4v) is 7.08. The minimum atomic E-state index is -0.108. The van der Waals surface area contributed by atoms with Crippen molar-refractivity contribution in [1.29, 1.82) is 0 Å². The Bertz CT molecular complexity index is 728. The second kappa shape index (κ2) is 5.27. The Morgan fingerprint density at radius 2 is 1.96 bits per heavy atom. The molecule has 4 aliphatic rings. The molecule has 0 N–H and O–H groups in total. The third kappa shape index (κ3) is 1.94. The first-order chi connectivity index (χ1) is 11.3. The van der Waals surface area contributed by atoms with Crippen molar-refractivity contribution in [2.45, 2.75) is 52.9 Å². The number of carbonyl (C=O) groups excluding carboxylic acids is 2. The Kier molecular flexibility index (Phi) is 3.62. The van der Waals surface area contributed by atoms with Crippen molar-refractivity contribution in [3.63, 3.8) is 0 Å². The van der Waals surface area contributed by atoms with E-state index in [0.717, 1.165) is 36.6 Å². The van der Waals surface area contributed by atoms with Gasteiger partial charge in [-0.3, -0.25) is 9.59 Å². The number of hydrogen-bond acceptors (Lipinski definition) is 2. The monoisotopic (exact) mass is 388 g/mol. The average molecular weight is 389 g/mol. The second-order valence-corrected chi connectivity index (χ2v) is 9.28. The van der Waals surface area contributed by atoms with E-state index in [2.05, 4.69) is 48.9 Å². The van der Waals surface area contributed by atoms with Crippen molar-refractivity contribution in [2.75, 3.05) is 0 Å². The molecule has 3 saturated carbocycles. The van der Waals surface area contributed by atoms with E-state index in [9.17, 15) is 9.59 Å². The fourth-order valence-electron chi connectivity index (χ4n) is 6.27. The summed E-state index contributed by atoms with van der Waals surface area (Å²) in [7, 11) is 0. The molecule has 0 unspecified atom stereocenters. The first-order valence-corrected chi connectivity index (χ1v) is 9.95. The van der Waals surface area contributed by atoms with E-state index < -0.39 is 0 Å². The highest BCUT2D eigenvalue weighted by molar-refractivity contribution is 9.12. The standard InChI is InChI=1S/C21H25BrO2/c1-4-12-11-13-14-5-6-17(24)20(14,2)9-7-15(13)21(3)10-8-16(23)19(22)18(12)21/h4,8,10,13-15H,5-7,9,11H2,1-3H3/t13-,14-,15-,20-,21+/m0/s1. The zero-order valence-electron chi connectivity index (χ0n) is 14.7. The maximum absolute atomic E-state index is 12.5. The van der Waals surface area contributed by atoms with Gasteiger partial charge >= 0.3 is 0 Å². The van der Waals surface area contributed by atoms with Crippen molar-refractivity contribution in [3.05, 3.63) is 33.9 Å². The minimum Gasteiger partial charge on any atom is -0.299 e. The summed E-state index contributed by atoms with van der Waals surface area (Å²) in [6.45, 7) is 6.59. The quantitative estimate of drug-likeness (QED) is 0.575. The van der Waals surface area contributed by atoms with Crippen molar-refractivity contribution in [1.82, 2.24) is 0 Å². The van der Waals surface area contributed by atoms with E-state index in [1.807, 2.05) is 0 Å². The third-order valence-electron chi connectivity index (χ3n) is 7.60. The van der Waals surface area contributed by atoms with Crippen LogP contribution in [0.15, 0.2) is 33.9 Å². The first-order valence-electron chi connectivity index (χ1n) is 9.15. The van der Waals surface area contributed by atoms with Gasteiger partial charge in [0.1, 0.15) is 5.78 Å². The number of Topliss-reactive ketones (excluding diaryl/α,β-unsaturated/α-hetero) is 1. The van der Waals surface area contributed by atoms with Gasteiger partial charge in [0.15, 0.2) is 5.78 Å². The van der Waals surface area contributed by atoms with Gasteiger partial charge < -0.3 is 0 Å². The van der Waals surface area contributed by atoms with Crippen molar-refractivity contribution in [3.8, 4) is 0 Å². The molecular formula is C21H25BrO2. The lowest BCUT2D eigenvalue weighted by Gasteiger charge is -2.56. The van der Waals surface area contributed by atoms with Gasteiger partial charge in [-0.2, -0.15) is 0 Å². The number of ketones is 2. The summed E-state index contributed by atoms with van der Waals surface area (Å²) in [5.74, 6) is 2.14. The molecule has 0 radical (unpaired) electrons. The van der Waals surface area contributed by atoms with Gasteiger partial charge in [-0.05, 0) is 83.5 Å². The van der Waals surface area contributed by atoms with Crippen LogP contribution in [0.1, 0.15) is 52.9 Å². The molecule has 0 amide bonds. The Morgan fingerprint density at radius 3 is 2.67 bits per heavy atom. The van der Waals surface area contributed by atoms with E-state index in [4.69, 9.17) is 0 Å². The van der Waals surface area contributed by atoms with E-state index in [0.29, 0.717) is 23.5 Å². The predicted molar refractivity (Wildman–Crippen MR) is 98.6 cm³/mol. The van der Waals surface area contributed by atoms with Crippen LogP contribution in [0, 0.1) is 28.6 Å². The summed E-state index contributed by atoms with van der Waals surface area (Å²) < 4.78 is 0.745. The molecule has 0 aromatic heterocycles. The SMILES string of the molecule is CC=C1C[C@@H]2[C@H](CC[C@]3(C)C(=O)CC[C@@H]23)[C@@]2(C)C=CC(=O)C(Br)=C12. The van der Waals surface area contributed by atoms with Crippen molar-refractivity contribution < 1.29 is 9.59 Å². The van der Waals surface area contributed by atoms with E-state index in [-0.39, 0.29) is 16.6 Å². The van der Waals surface area contributed by atoms with Gasteiger partial charge in [-0.1, -0.05) is 26.0 Å². The van der Waals surface area contributed by atoms with Crippen LogP contribution in [-0.2, 0) is 9.59 Å². The highest BCUT2D eigenvalue weighted by Gasteiger charge is 2.59. The molecule has 3 fully saturated rings. The summed E-state index contributed by atoms with van der Waals surface area (Å²) in [6, 6.07) is 0. The highest BCUT2D eigenvalue weighted by Crippen LogP contribution is 2.65. The summed E-state index contributed by atoms with van der Waals surface area (Å²) in [4.78, 5) is 24.7. The van der Waals surface area contributed by atoms with E-state index in [1.165, 1.54) is 11.1 Å². The Morgan fingerprint density at radius 1 is 1.21 bits per heavy atom. The van der Waals surface area contributed by atoms with Crippen molar-refractivity contribution in [2.24, 2.45) is 28.6 Å². The summed E-state index contributed by atoms with van der Waals surface area (Å²) in [5.41, 5.74) is 2.30. The molecule has 24 heavy (non-hydrogen) atoms. The zero-order valence-corrected chi connectivity index (χ0v) is 16.3. The zero-order chi connectivity index (χ0) is 17.3. The molecule has 0 spiro atoms. The number of allylic oxidation sites excluding steroid dienone is 6. The van der Waals surface area contributed by atoms with Crippen LogP contribution in [0.2, 0.25) is 0 Å². The smallest absolute Gasteiger partial charge is 0.192 e. The molecule has 0 aromatic carbocycles. The second-order valence-electron chi connectivity index (χ2n) is 8.48. The van der Waals surface area contributed by atoms with E-state index >= 15 is 0 Å². The molecular weight excluding hydrogens is 364 g/mol. The summed E-state index contributed by atoms with van der Waals surface area (Å²) in [5, 5.41) is 0. The Balaban J connectivity index is 1.84. The molecule has 0 aromatic rings. The predicted octanol–water partition coefficient (Wildman–Crippen LogP) is 5.14. The molecule has 4 aliphatic carbocycles. The maximum Gasteiger partial charge on any atom is 0.192 e. The van der Waals surface area contributed by atoms with Crippen LogP contribution in [0.5, 0.6) is 0 Å². The molecule has 0 aliphatic heterocycles. The molecule has 4 rings (SSSR count). The average Bonchev–Trinajstić information content (AvgIpc) is 2.86. The van der Waals surface area contributed by atoms with Crippen LogP contribution in [-0.4, -0.2) is 11.6 Å². The van der Waals surface area contributed by atoms with Gasteiger partial charge in [0, 0.05) is 17.3 Å². The van der Waals surface area contributed by atoms with Gasteiger partial charge in [0.05, 0.1) is 4.48 Å². The normalized spacial score (nSPS) is 46.2. The van der Waals surface area contributed by atoms with E-state index in [1.54, 1.807) is 6.08 Å². The molecule has 0 saturated heterocycles. The molecule has 5 atom stereocenters. The third-order valence-corrected chi connectivity index (χ3v) is 8.38. The number of hydrogen-bond donors (Lipinski definition) is 0. The number of carbonyl (C=O) groups is 2. The Labute approximate surface area is 152 Å². The molecule has 128 valence electrons. The highest BCUT2D eigenvalue weighted by atomic mass is 79.9. The van der Waals surface area contributed by atoms with Crippen LogP contribution in [0.3, 0.4) is 0 Å². The topological polar surface area (TPSA) is 34.1 Å². The van der Waals surface area contributed by atoms with Gasteiger partial charge in [-0.15, -0.1) is 0 Å². The first kappa shape index (κ1) is 16.5. The van der Waals surface area contributed by atoms with Crippen molar-refractivity contribution >= 4 is 27.5 Å².